The summed E-state index contributed by atoms with van der Waals surface area (Å²) in [7, 11) is 0. The molecule has 2 aromatic carbocycles. The van der Waals surface area contributed by atoms with Gasteiger partial charge in [0.2, 0.25) is 17.6 Å². The molecule has 5 rings (SSSR count). The fourth-order valence-corrected chi connectivity index (χ4v) is 4.76. The zero-order chi connectivity index (χ0) is 21.6. The molecule has 1 fully saturated rings. The molecule has 1 saturated heterocycles. The van der Waals surface area contributed by atoms with Crippen LogP contribution in [0.4, 0.5) is 5.69 Å². The molecule has 0 N–H and O–H groups in total. The quantitative estimate of drug-likeness (QED) is 0.572. The number of carbonyl (C=O) groups excluding carboxylic acids is 1. The molecule has 0 bridgehead atoms. The highest BCUT2D eigenvalue weighted by molar-refractivity contribution is 5.97. The molecule has 5 heteroatoms. The van der Waals surface area contributed by atoms with Crippen LogP contribution in [0.25, 0.3) is 11.4 Å². The smallest absolute Gasteiger partial charge is 0.232 e. The Morgan fingerprint density at radius 3 is 2.58 bits per heavy atom. The number of hydrogen-bond donors (Lipinski definition) is 0. The van der Waals surface area contributed by atoms with E-state index >= 15 is 0 Å². The molecule has 0 saturated carbocycles. The van der Waals surface area contributed by atoms with Crippen LogP contribution in [0.2, 0.25) is 0 Å². The van der Waals surface area contributed by atoms with Crippen LogP contribution in [-0.2, 0) is 23.1 Å². The molecule has 5 nitrogen and oxygen atoms in total. The fourth-order valence-electron chi connectivity index (χ4n) is 4.76. The van der Waals surface area contributed by atoms with E-state index in [-0.39, 0.29) is 17.2 Å². The first kappa shape index (κ1) is 20.0. The van der Waals surface area contributed by atoms with E-state index in [1.54, 1.807) is 0 Å². The summed E-state index contributed by atoms with van der Waals surface area (Å²) in [6.45, 7) is 7.18. The first-order chi connectivity index (χ1) is 14.9. The van der Waals surface area contributed by atoms with Gasteiger partial charge < -0.3 is 9.42 Å². The van der Waals surface area contributed by atoms with Crippen molar-refractivity contribution in [2.24, 2.45) is 0 Å². The number of aromatic nitrogens is 2. The van der Waals surface area contributed by atoms with E-state index in [0.29, 0.717) is 24.7 Å². The lowest BCUT2D eigenvalue weighted by Crippen LogP contribution is -2.26. The summed E-state index contributed by atoms with van der Waals surface area (Å²) in [6.07, 6.45) is 4.99. The van der Waals surface area contributed by atoms with Crippen molar-refractivity contribution >= 4 is 11.6 Å². The maximum absolute atomic E-state index is 12.9. The molecular weight excluding hydrogens is 386 g/mol. The molecule has 3 aromatic rings. The van der Waals surface area contributed by atoms with Gasteiger partial charge >= 0.3 is 0 Å². The summed E-state index contributed by atoms with van der Waals surface area (Å²) >= 11 is 0. The van der Waals surface area contributed by atoms with Gasteiger partial charge in [0.1, 0.15) is 0 Å². The molecular formula is C26H29N3O2. The Morgan fingerprint density at radius 1 is 1.03 bits per heavy atom. The Labute approximate surface area is 183 Å². The van der Waals surface area contributed by atoms with Gasteiger partial charge in [0.05, 0.1) is 5.92 Å². The third-order valence-electron chi connectivity index (χ3n) is 6.59. The number of anilines is 1. The summed E-state index contributed by atoms with van der Waals surface area (Å²) in [5.74, 6) is 1.20. The van der Waals surface area contributed by atoms with Gasteiger partial charge in [-0.2, -0.15) is 4.98 Å². The average Bonchev–Trinajstić information content (AvgIpc) is 3.40. The van der Waals surface area contributed by atoms with Crippen molar-refractivity contribution in [3.63, 3.8) is 0 Å². The zero-order valence-corrected chi connectivity index (χ0v) is 18.5. The van der Waals surface area contributed by atoms with Gasteiger partial charge in [0.25, 0.3) is 0 Å². The van der Waals surface area contributed by atoms with E-state index in [0.717, 1.165) is 24.1 Å². The lowest BCUT2D eigenvalue weighted by molar-refractivity contribution is -0.117. The highest BCUT2D eigenvalue weighted by Crippen LogP contribution is 2.37. The monoisotopic (exact) mass is 415 g/mol. The molecule has 1 amide bonds. The van der Waals surface area contributed by atoms with Gasteiger partial charge in [-0.15, -0.1) is 0 Å². The second-order valence-corrected chi connectivity index (χ2v) is 9.81. The highest BCUT2D eigenvalue weighted by Gasteiger charge is 2.36. The minimum atomic E-state index is -0.0676. The average molecular weight is 416 g/mol. The molecule has 31 heavy (non-hydrogen) atoms. The zero-order valence-electron chi connectivity index (χ0n) is 18.5. The second kappa shape index (κ2) is 7.63. The van der Waals surface area contributed by atoms with Gasteiger partial charge in [-0.1, -0.05) is 62.3 Å². The van der Waals surface area contributed by atoms with Crippen molar-refractivity contribution in [1.82, 2.24) is 10.1 Å². The number of aryl methyl sites for hydroxylation is 1. The van der Waals surface area contributed by atoms with Crippen LogP contribution in [0.3, 0.4) is 0 Å². The van der Waals surface area contributed by atoms with Crippen LogP contribution >= 0.6 is 0 Å². The number of hydrogen-bond acceptors (Lipinski definition) is 4. The Balaban J connectivity index is 1.36. The molecule has 1 aliphatic heterocycles. The number of rotatable bonds is 3. The third-order valence-corrected chi connectivity index (χ3v) is 6.59. The van der Waals surface area contributed by atoms with Crippen LogP contribution in [0.1, 0.15) is 68.5 Å². The van der Waals surface area contributed by atoms with Gasteiger partial charge in [-0.25, -0.2) is 0 Å². The largest absolute Gasteiger partial charge is 0.339 e. The molecule has 2 aliphatic rings. The highest BCUT2D eigenvalue weighted by atomic mass is 16.5. The number of benzene rings is 2. The Kier molecular flexibility index (Phi) is 4.92. The lowest BCUT2D eigenvalue weighted by atomic mass is 9.87. The van der Waals surface area contributed by atoms with E-state index < -0.39 is 0 Å². The SMILES string of the molecule is CC(C)(C)c1ccc(-c2noc(C3CC(=O)N(c4cccc5c4CCCC5)C3)n2)cc1. The number of nitrogens with zero attached hydrogens (tertiary/aromatic N) is 3. The number of fused-ring (bicyclic) bond motifs is 1. The number of amides is 1. The molecule has 1 atom stereocenters. The van der Waals surface area contributed by atoms with Crippen molar-refractivity contribution in [1.29, 1.82) is 0 Å². The van der Waals surface area contributed by atoms with E-state index in [4.69, 9.17) is 4.52 Å². The Hall–Kier alpha value is -2.95. The molecule has 0 radical (unpaired) electrons. The maximum atomic E-state index is 12.9. The summed E-state index contributed by atoms with van der Waals surface area (Å²) in [5, 5.41) is 4.20. The predicted molar refractivity (Wildman–Crippen MR) is 121 cm³/mol. The van der Waals surface area contributed by atoms with Crippen molar-refractivity contribution in [2.45, 2.75) is 64.2 Å². The summed E-state index contributed by atoms with van der Waals surface area (Å²) in [5.41, 5.74) is 6.10. The molecule has 2 heterocycles. The van der Waals surface area contributed by atoms with Gasteiger partial charge in [-0.05, 0) is 53.9 Å². The number of carbonyl (C=O) groups is 1. The van der Waals surface area contributed by atoms with E-state index in [9.17, 15) is 4.79 Å². The van der Waals surface area contributed by atoms with Gasteiger partial charge in [0, 0.05) is 24.2 Å². The van der Waals surface area contributed by atoms with Crippen molar-refractivity contribution in [3.8, 4) is 11.4 Å². The van der Waals surface area contributed by atoms with Crippen LogP contribution in [0.15, 0.2) is 47.0 Å². The molecule has 1 aromatic heterocycles. The van der Waals surface area contributed by atoms with Crippen molar-refractivity contribution in [3.05, 3.63) is 65.0 Å². The standard InChI is InChI=1S/C26H29N3O2/c1-26(2,3)20-13-11-18(12-14-20)24-27-25(31-28-24)19-15-23(30)29(16-19)22-10-6-8-17-7-4-5-9-21(17)22/h6,8,10-14,19H,4-5,7,9,15-16H2,1-3H3. The van der Waals surface area contributed by atoms with E-state index in [2.05, 4.69) is 61.2 Å². The summed E-state index contributed by atoms with van der Waals surface area (Å²) in [4.78, 5) is 19.5. The van der Waals surface area contributed by atoms with Crippen LogP contribution in [-0.4, -0.2) is 22.6 Å². The van der Waals surface area contributed by atoms with E-state index in [1.807, 2.05) is 17.0 Å². The van der Waals surface area contributed by atoms with Crippen LogP contribution < -0.4 is 4.90 Å². The first-order valence-corrected chi connectivity index (χ1v) is 11.3. The van der Waals surface area contributed by atoms with Gasteiger partial charge in [-0.3, -0.25) is 4.79 Å². The molecule has 160 valence electrons. The maximum Gasteiger partial charge on any atom is 0.232 e. The molecule has 1 aliphatic carbocycles. The Bertz CT molecular complexity index is 1110. The second-order valence-electron chi connectivity index (χ2n) is 9.81. The lowest BCUT2D eigenvalue weighted by Gasteiger charge is -2.25. The first-order valence-electron chi connectivity index (χ1n) is 11.3. The van der Waals surface area contributed by atoms with Gasteiger partial charge in [0.15, 0.2) is 0 Å². The fraction of sp³-hybridized carbons (Fsp3) is 0.423. The minimum absolute atomic E-state index is 0.0676. The van der Waals surface area contributed by atoms with Crippen LogP contribution in [0, 0.1) is 0 Å². The molecule has 0 spiro atoms. The normalized spacial score (nSPS) is 19.0. The molecule has 1 unspecified atom stereocenters. The third kappa shape index (κ3) is 3.78. The summed E-state index contributed by atoms with van der Waals surface area (Å²) in [6, 6.07) is 14.7. The van der Waals surface area contributed by atoms with Crippen molar-refractivity contribution < 1.29 is 9.32 Å². The Morgan fingerprint density at radius 2 is 1.81 bits per heavy atom. The minimum Gasteiger partial charge on any atom is -0.339 e. The van der Waals surface area contributed by atoms with Crippen LogP contribution in [0.5, 0.6) is 0 Å². The topological polar surface area (TPSA) is 59.2 Å². The predicted octanol–water partition coefficient (Wildman–Crippen LogP) is 5.43. The van der Waals surface area contributed by atoms with Crippen molar-refractivity contribution in [2.75, 3.05) is 11.4 Å². The summed E-state index contributed by atoms with van der Waals surface area (Å²) < 4.78 is 5.61. The van der Waals surface area contributed by atoms with E-state index in [1.165, 1.54) is 29.5 Å².